The van der Waals surface area contributed by atoms with Gasteiger partial charge in [0.25, 0.3) is 0 Å². The van der Waals surface area contributed by atoms with Gasteiger partial charge in [-0.15, -0.1) is 0 Å². The van der Waals surface area contributed by atoms with Gasteiger partial charge in [0, 0.05) is 5.69 Å². The largest absolute Gasteiger partial charge is 0.460 e. The number of esters is 2. The predicted molar refractivity (Wildman–Crippen MR) is 67.1 cm³/mol. The third kappa shape index (κ3) is 3.76. The Balaban J connectivity index is 2.61. The first kappa shape index (κ1) is 14.0. The summed E-state index contributed by atoms with van der Waals surface area (Å²) in [6.07, 6.45) is -0.231. The van der Waals surface area contributed by atoms with Gasteiger partial charge in [0.15, 0.2) is 6.61 Å². The Kier molecular flexibility index (Phi) is 4.71. The zero-order chi connectivity index (χ0) is 13.7. The van der Waals surface area contributed by atoms with Crippen LogP contribution >= 0.6 is 0 Å². The Bertz CT molecular complexity index is 454. The smallest absolute Gasteiger partial charge is 0.344 e. The van der Waals surface area contributed by atoms with Crippen LogP contribution in [0.1, 0.15) is 29.8 Å². The fourth-order valence-corrected chi connectivity index (χ4v) is 1.37. The highest BCUT2D eigenvalue weighted by Crippen LogP contribution is 2.16. The lowest BCUT2D eigenvalue weighted by atomic mass is 10.1. The molecule has 0 aliphatic rings. The van der Waals surface area contributed by atoms with Gasteiger partial charge in [-0.1, -0.05) is 6.07 Å². The molecule has 0 saturated carbocycles. The van der Waals surface area contributed by atoms with Gasteiger partial charge in [0.2, 0.25) is 0 Å². The molecule has 0 heterocycles. The molecule has 1 aromatic carbocycles. The number of ether oxygens (including phenoxy) is 2. The Hall–Kier alpha value is -2.04. The molecule has 0 amide bonds. The molecule has 98 valence electrons. The number of anilines is 1. The number of hydrogen-bond donors (Lipinski definition) is 1. The molecule has 0 fully saturated rings. The van der Waals surface area contributed by atoms with Crippen LogP contribution in [-0.4, -0.2) is 24.6 Å². The average molecular weight is 251 g/mol. The van der Waals surface area contributed by atoms with E-state index in [0.29, 0.717) is 16.8 Å². The standard InChI is InChI=1S/C13H17NO4/c1-8(2)18-12(15)7-17-13(16)10-5-4-6-11(14)9(10)3/h4-6,8H,7,14H2,1-3H3. The summed E-state index contributed by atoms with van der Waals surface area (Å²) in [6.45, 7) is 4.77. The number of carbonyl (C=O) groups excluding carboxylic acids is 2. The van der Waals surface area contributed by atoms with Crippen molar-refractivity contribution in [3.8, 4) is 0 Å². The zero-order valence-corrected chi connectivity index (χ0v) is 10.7. The van der Waals surface area contributed by atoms with Gasteiger partial charge in [-0.05, 0) is 38.5 Å². The van der Waals surface area contributed by atoms with Crippen LogP contribution in [0.3, 0.4) is 0 Å². The van der Waals surface area contributed by atoms with E-state index >= 15 is 0 Å². The Morgan fingerprint density at radius 1 is 1.33 bits per heavy atom. The van der Waals surface area contributed by atoms with Crippen LogP contribution < -0.4 is 5.73 Å². The second-order valence-electron chi connectivity index (χ2n) is 4.13. The molecule has 0 radical (unpaired) electrons. The van der Waals surface area contributed by atoms with Crippen molar-refractivity contribution in [3.63, 3.8) is 0 Å². The van der Waals surface area contributed by atoms with Crippen LogP contribution in [0.5, 0.6) is 0 Å². The lowest BCUT2D eigenvalue weighted by molar-refractivity contribution is -0.150. The molecule has 0 aliphatic heterocycles. The van der Waals surface area contributed by atoms with Crippen molar-refractivity contribution in [2.75, 3.05) is 12.3 Å². The molecular weight excluding hydrogens is 234 g/mol. The first-order valence-corrected chi connectivity index (χ1v) is 5.63. The van der Waals surface area contributed by atoms with E-state index in [9.17, 15) is 9.59 Å². The molecule has 0 bridgehead atoms. The number of nitrogens with two attached hydrogens (primary N) is 1. The van der Waals surface area contributed by atoms with E-state index in [-0.39, 0.29) is 6.10 Å². The molecule has 2 N–H and O–H groups in total. The number of carbonyl (C=O) groups is 2. The van der Waals surface area contributed by atoms with Gasteiger partial charge < -0.3 is 15.2 Å². The number of hydrogen-bond acceptors (Lipinski definition) is 5. The van der Waals surface area contributed by atoms with Gasteiger partial charge >= 0.3 is 11.9 Å². The average Bonchev–Trinajstić information content (AvgIpc) is 2.29. The fraction of sp³-hybridized carbons (Fsp3) is 0.385. The van der Waals surface area contributed by atoms with E-state index in [0.717, 1.165) is 0 Å². The molecule has 1 rings (SSSR count). The second-order valence-corrected chi connectivity index (χ2v) is 4.13. The molecule has 0 aliphatic carbocycles. The first-order chi connectivity index (χ1) is 8.41. The minimum absolute atomic E-state index is 0.231. The summed E-state index contributed by atoms with van der Waals surface area (Å²) in [7, 11) is 0. The third-order valence-corrected chi connectivity index (χ3v) is 2.28. The van der Waals surface area contributed by atoms with Gasteiger partial charge in [0.05, 0.1) is 11.7 Å². The summed E-state index contributed by atoms with van der Waals surface area (Å²) in [5, 5.41) is 0. The molecule has 18 heavy (non-hydrogen) atoms. The lowest BCUT2D eigenvalue weighted by Crippen LogP contribution is -2.20. The number of nitrogen functional groups attached to an aromatic ring is 1. The summed E-state index contributed by atoms with van der Waals surface area (Å²) in [5.74, 6) is -1.15. The van der Waals surface area contributed by atoms with Gasteiger partial charge in [-0.2, -0.15) is 0 Å². The van der Waals surface area contributed by atoms with Crippen LogP contribution in [0, 0.1) is 6.92 Å². The van der Waals surface area contributed by atoms with Crippen molar-refractivity contribution in [2.45, 2.75) is 26.9 Å². The molecule has 0 atom stereocenters. The minimum atomic E-state index is -0.583. The van der Waals surface area contributed by atoms with Crippen LogP contribution in [0.25, 0.3) is 0 Å². The monoisotopic (exact) mass is 251 g/mol. The molecule has 5 heteroatoms. The molecular formula is C13H17NO4. The SMILES string of the molecule is Cc1c(N)cccc1C(=O)OCC(=O)OC(C)C. The highest BCUT2D eigenvalue weighted by molar-refractivity contribution is 5.93. The van der Waals surface area contributed by atoms with Crippen LogP contribution in [0.2, 0.25) is 0 Å². The highest BCUT2D eigenvalue weighted by atomic mass is 16.6. The summed E-state index contributed by atoms with van der Waals surface area (Å²) in [5.41, 5.74) is 7.18. The first-order valence-electron chi connectivity index (χ1n) is 5.63. The summed E-state index contributed by atoms with van der Waals surface area (Å²) >= 11 is 0. The summed E-state index contributed by atoms with van der Waals surface area (Å²) < 4.78 is 9.71. The van der Waals surface area contributed by atoms with E-state index in [1.807, 2.05) is 0 Å². The van der Waals surface area contributed by atoms with Crippen molar-refractivity contribution in [1.29, 1.82) is 0 Å². The minimum Gasteiger partial charge on any atom is -0.460 e. The van der Waals surface area contributed by atoms with Crippen molar-refractivity contribution in [1.82, 2.24) is 0 Å². The molecule has 0 saturated heterocycles. The highest BCUT2D eigenvalue weighted by Gasteiger charge is 2.14. The van der Waals surface area contributed by atoms with E-state index in [2.05, 4.69) is 0 Å². The maximum absolute atomic E-state index is 11.7. The maximum Gasteiger partial charge on any atom is 0.344 e. The molecule has 5 nitrogen and oxygen atoms in total. The summed E-state index contributed by atoms with van der Waals surface area (Å²) in [4.78, 5) is 22.9. The van der Waals surface area contributed by atoms with Crippen LogP contribution in [0.15, 0.2) is 18.2 Å². The summed E-state index contributed by atoms with van der Waals surface area (Å²) in [6, 6.07) is 4.95. The van der Waals surface area contributed by atoms with E-state index in [4.69, 9.17) is 15.2 Å². The topological polar surface area (TPSA) is 78.6 Å². The zero-order valence-electron chi connectivity index (χ0n) is 10.7. The molecule has 0 aromatic heterocycles. The Morgan fingerprint density at radius 2 is 2.00 bits per heavy atom. The van der Waals surface area contributed by atoms with Gasteiger partial charge in [-0.3, -0.25) is 0 Å². The molecule has 0 spiro atoms. The van der Waals surface area contributed by atoms with Crippen LogP contribution in [-0.2, 0) is 14.3 Å². The van der Waals surface area contributed by atoms with Crippen molar-refractivity contribution >= 4 is 17.6 Å². The van der Waals surface area contributed by atoms with Crippen molar-refractivity contribution in [3.05, 3.63) is 29.3 Å². The van der Waals surface area contributed by atoms with Crippen LogP contribution in [0.4, 0.5) is 5.69 Å². The molecule has 0 unspecified atom stereocenters. The van der Waals surface area contributed by atoms with Crippen molar-refractivity contribution in [2.24, 2.45) is 0 Å². The van der Waals surface area contributed by atoms with Gasteiger partial charge in [-0.25, -0.2) is 9.59 Å². The van der Waals surface area contributed by atoms with E-state index in [1.165, 1.54) is 0 Å². The second kappa shape index (κ2) is 6.05. The Labute approximate surface area is 106 Å². The van der Waals surface area contributed by atoms with Crippen molar-refractivity contribution < 1.29 is 19.1 Å². The fourth-order valence-electron chi connectivity index (χ4n) is 1.37. The quantitative estimate of drug-likeness (QED) is 0.650. The lowest BCUT2D eigenvalue weighted by Gasteiger charge is -2.10. The Morgan fingerprint density at radius 3 is 2.61 bits per heavy atom. The number of rotatable bonds is 4. The normalized spacial score (nSPS) is 10.2. The van der Waals surface area contributed by atoms with E-state index in [1.54, 1.807) is 39.0 Å². The maximum atomic E-state index is 11.7. The van der Waals surface area contributed by atoms with Gasteiger partial charge in [0.1, 0.15) is 0 Å². The number of benzene rings is 1. The molecule has 1 aromatic rings. The third-order valence-electron chi connectivity index (χ3n) is 2.28. The predicted octanol–water partition coefficient (Wildman–Crippen LogP) is 1.69. The van der Waals surface area contributed by atoms with E-state index < -0.39 is 18.5 Å².